The fourth-order valence-electron chi connectivity index (χ4n) is 3.08. The quantitative estimate of drug-likeness (QED) is 0.382. The molecule has 0 unspecified atom stereocenters. The van der Waals surface area contributed by atoms with Gasteiger partial charge in [-0.05, 0) is 49.4 Å². The number of likely N-dealkylation sites (N-methyl/N-ethyl adjacent to an activating group) is 1. The molecular weight excluding hydrogens is 497 g/mol. The molecule has 1 aromatic heterocycles. The molecule has 0 aliphatic carbocycles. The monoisotopic (exact) mass is 521 g/mol. The van der Waals surface area contributed by atoms with Gasteiger partial charge in [0.2, 0.25) is 5.91 Å². The molecule has 10 heteroatoms. The molecule has 2 N–H and O–H groups in total. The Morgan fingerprint density at radius 2 is 1.62 bits per heavy atom. The summed E-state index contributed by atoms with van der Waals surface area (Å²) in [7, 11) is 0. The molecule has 0 aliphatic heterocycles. The number of nitrogens with one attached hydrogen (secondary N) is 2. The molecule has 0 saturated carbocycles. The van der Waals surface area contributed by atoms with Crippen molar-refractivity contribution in [1.82, 2.24) is 14.7 Å². The highest BCUT2D eigenvalue weighted by Crippen LogP contribution is 2.27. The summed E-state index contributed by atoms with van der Waals surface area (Å²) in [5.74, 6) is 0.129. The Morgan fingerprint density at radius 3 is 2.21 bits per heavy atom. The smallest absolute Gasteiger partial charge is 0.315 e. The molecule has 180 valence electrons. The highest BCUT2D eigenvalue weighted by molar-refractivity contribution is 6.36. The minimum Gasteiger partial charge on any atom is -0.315 e. The van der Waals surface area contributed by atoms with Crippen molar-refractivity contribution in [3.8, 4) is 5.69 Å². The summed E-state index contributed by atoms with van der Waals surface area (Å²) in [6.45, 7) is 8.05. The molecule has 0 bridgehead atoms. The van der Waals surface area contributed by atoms with E-state index in [1.165, 1.54) is 11.0 Å². The van der Waals surface area contributed by atoms with Crippen LogP contribution in [-0.4, -0.2) is 39.7 Å². The summed E-state index contributed by atoms with van der Waals surface area (Å²) in [5, 5.41) is 11.6. The van der Waals surface area contributed by atoms with Gasteiger partial charge in [-0.2, -0.15) is 5.10 Å². The van der Waals surface area contributed by atoms with Crippen LogP contribution in [0.5, 0.6) is 0 Å². The van der Waals surface area contributed by atoms with Crippen molar-refractivity contribution in [2.45, 2.75) is 33.1 Å². The SMILES string of the molecule is CCN(CC(=O)Nc1cc(C(C)(C)C)nn1-c1ccc(Cl)cc1)C(=O)Nc1ccc(Cl)cc1Cl. The summed E-state index contributed by atoms with van der Waals surface area (Å²) < 4.78 is 1.65. The van der Waals surface area contributed by atoms with Gasteiger partial charge in [0.1, 0.15) is 12.4 Å². The van der Waals surface area contributed by atoms with Crippen LogP contribution in [0.25, 0.3) is 5.69 Å². The molecule has 0 saturated heterocycles. The van der Waals surface area contributed by atoms with Crippen LogP contribution in [0.15, 0.2) is 48.5 Å². The third-order valence-corrected chi connectivity index (χ3v) is 5.79. The number of hydrogen-bond donors (Lipinski definition) is 2. The number of nitrogens with zero attached hydrogens (tertiary/aromatic N) is 3. The zero-order chi connectivity index (χ0) is 25.0. The van der Waals surface area contributed by atoms with Crippen LogP contribution < -0.4 is 10.6 Å². The molecule has 3 amide bonds. The minimum atomic E-state index is -0.455. The highest BCUT2D eigenvalue weighted by Gasteiger charge is 2.23. The van der Waals surface area contributed by atoms with Gasteiger partial charge in [0.15, 0.2) is 0 Å². The Kier molecular flexibility index (Phi) is 8.13. The summed E-state index contributed by atoms with van der Waals surface area (Å²) in [5.41, 5.74) is 1.73. The zero-order valence-corrected chi connectivity index (χ0v) is 21.6. The van der Waals surface area contributed by atoms with Crippen molar-refractivity contribution >= 4 is 58.2 Å². The van der Waals surface area contributed by atoms with Crippen LogP contribution in [0.4, 0.5) is 16.3 Å². The molecule has 0 aliphatic rings. The maximum Gasteiger partial charge on any atom is 0.322 e. The number of benzene rings is 2. The maximum absolute atomic E-state index is 12.9. The topological polar surface area (TPSA) is 79.3 Å². The molecule has 0 spiro atoms. The number of urea groups is 1. The third kappa shape index (κ3) is 6.44. The number of rotatable bonds is 6. The minimum absolute atomic E-state index is 0.163. The van der Waals surface area contributed by atoms with E-state index in [9.17, 15) is 9.59 Å². The van der Waals surface area contributed by atoms with Crippen LogP contribution in [0.3, 0.4) is 0 Å². The third-order valence-electron chi connectivity index (χ3n) is 4.99. The van der Waals surface area contributed by atoms with Gasteiger partial charge >= 0.3 is 6.03 Å². The van der Waals surface area contributed by atoms with Crippen molar-refractivity contribution in [3.05, 3.63) is 69.3 Å². The summed E-state index contributed by atoms with van der Waals surface area (Å²) in [6, 6.07) is 13.3. The first-order chi connectivity index (χ1) is 16.0. The lowest BCUT2D eigenvalue weighted by atomic mass is 9.92. The predicted molar refractivity (Wildman–Crippen MR) is 139 cm³/mol. The molecule has 7 nitrogen and oxygen atoms in total. The molecule has 2 aromatic carbocycles. The van der Waals surface area contributed by atoms with E-state index in [-0.39, 0.29) is 17.9 Å². The molecule has 0 fully saturated rings. The van der Waals surface area contributed by atoms with Gasteiger partial charge < -0.3 is 15.5 Å². The lowest BCUT2D eigenvalue weighted by Crippen LogP contribution is -2.40. The second kappa shape index (κ2) is 10.7. The number of hydrogen-bond acceptors (Lipinski definition) is 3. The van der Waals surface area contributed by atoms with E-state index in [1.54, 1.807) is 35.9 Å². The lowest BCUT2D eigenvalue weighted by Gasteiger charge is -2.21. The van der Waals surface area contributed by atoms with Gasteiger partial charge in [0.05, 0.1) is 22.1 Å². The van der Waals surface area contributed by atoms with E-state index in [0.29, 0.717) is 33.1 Å². The molecule has 3 aromatic rings. The first-order valence-electron chi connectivity index (χ1n) is 10.6. The Labute approximate surface area is 214 Å². The van der Waals surface area contributed by atoms with Crippen LogP contribution in [-0.2, 0) is 10.2 Å². The summed E-state index contributed by atoms with van der Waals surface area (Å²) >= 11 is 18.1. The fourth-order valence-corrected chi connectivity index (χ4v) is 3.67. The Morgan fingerprint density at radius 1 is 0.971 bits per heavy atom. The normalized spacial score (nSPS) is 11.3. The second-order valence-electron chi connectivity index (χ2n) is 8.67. The highest BCUT2D eigenvalue weighted by atomic mass is 35.5. The molecule has 0 radical (unpaired) electrons. The number of anilines is 2. The van der Waals surface area contributed by atoms with Gasteiger partial charge in [-0.1, -0.05) is 55.6 Å². The number of amides is 3. The van der Waals surface area contributed by atoms with Crippen LogP contribution in [0.2, 0.25) is 15.1 Å². The van der Waals surface area contributed by atoms with Crippen molar-refractivity contribution in [3.63, 3.8) is 0 Å². The zero-order valence-electron chi connectivity index (χ0n) is 19.3. The number of aromatic nitrogens is 2. The van der Waals surface area contributed by atoms with Crippen molar-refractivity contribution in [2.75, 3.05) is 23.7 Å². The predicted octanol–water partition coefficient (Wildman–Crippen LogP) is 6.62. The molecule has 3 rings (SSSR count). The molecule has 1 heterocycles. The van der Waals surface area contributed by atoms with E-state index in [4.69, 9.17) is 34.8 Å². The largest absolute Gasteiger partial charge is 0.322 e. The van der Waals surface area contributed by atoms with Crippen LogP contribution in [0, 0.1) is 0 Å². The van der Waals surface area contributed by atoms with Gasteiger partial charge in [0, 0.05) is 28.1 Å². The Bertz CT molecular complexity index is 1190. The first-order valence-corrected chi connectivity index (χ1v) is 11.8. The van der Waals surface area contributed by atoms with Crippen LogP contribution >= 0.6 is 34.8 Å². The van der Waals surface area contributed by atoms with Crippen molar-refractivity contribution in [1.29, 1.82) is 0 Å². The average Bonchev–Trinajstić information content (AvgIpc) is 3.18. The number of halogens is 3. The number of carbonyl (C=O) groups is 2. The van der Waals surface area contributed by atoms with Gasteiger partial charge in [0.25, 0.3) is 0 Å². The second-order valence-corrected chi connectivity index (χ2v) is 9.95. The fraction of sp³-hybridized carbons (Fsp3) is 0.292. The average molecular weight is 523 g/mol. The van der Waals surface area contributed by atoms with Crippen molar-refractivity contribution < 1.29 is 9.59 Å². The molecule has 34 heavy (non-hydrogen) atoms. The summed E-state index contributed by atoms with van der Waals surface area (Å²) in [4.78, 5) is 27.0. The van der Waals surface area contributed by atoms with Gasteiger partial charge in [-0.15, -0.1) is 0 Å². The summed E-state index contributed by atoms with van der Waals surface area (Å²) in [6.07, 6.45) is 0. The first kappa shape index (κ1) is 25.9. The maximum atomic E-state index is 12.9. The van der Waals surface area contributed by atoms with E-state index in [1.807, 2.05) is 39.0 Å². The van der Waals surface area contributed by atoms with Crippen molar-refractivity contribution in [2.24, 2.45) is 0 Å². The van der Waals surface area contributed by atoms with E-state index < -0.39 is 6.03 Å². The van der Waals surface area contributed by atoms with E-state index in [0.717, 1.165) is 11.4 Å². The lowest BCUT2D eigenvalue weighted by molar-refractivity contribution is -0.116. The van der Waals surface area contributed by atoms with E-state index in [2.05, 4.69) is 15.7 Å². The van der Waals surface area contributed by atoms with Gasteiger partial charge in [-0.3, -0.25) is 4.79 Å². The Balaban J connectivity index is 1.77. The Hall–Kier alpha value is -2.74. The van der Waals surface area contributed by atoms with Crippen LogP contribution in [0.1, 0.15) is 33.4 Å². The molecule has 0 atom stereocenters. The van der Waals surface area contributed by atoms with E-state index >= 15 is 0 Å². The standard InChI is InChI=1S/C24H26Cl3N5O2/c1-5-31(23(34)28-19-11-8-16(26)12-18(19)27)14-22(33)29-21-13-20(24(2,3)4)30-32(21)17-9-6-15(25)7-10-17/h6-13H,5,14H2,1-4H3,(H,28,34)(H,29,33). The van der Waals surface area contributed by atoms with Gasteiger partial charge in [-0.25, -0.2) is 9.48 Å². The molecular formula is C24H26Cl3N5O2. The number of carbonyl (C=O) groups excluding carboxylic acids is 2.